The molecular weight excluding hydrogens is 406 g/mol. The number of rotatable bonds is 6. The highest BCUT2D eigenvalue weighted by atomic mass is 32.2. The van der Waals surface area contributed by atoms with Gasteiger partial charge in [0.25, 0.3) is 0 Å². The molecule has 4 saturated heterocycles. The summed E-state index contributed by atoms with van der Waals surface area (Å²) in [4.78, 5) is 31.7. The Morgan fingerprint density at radius 2 is 1.70 bits per heavy atom. The van der Waals surface area contributed by atoms with Crippen molar-refractivity contribution >= 4 is 21.7 Å². The Morgan fingerprint density at radius 1 is 0.967 bits per heavy atom. The van der Waals surface area contributed by atoms with E-state index in [0.29, 0.717) is 26.1 Å². The van der Waals surface area contributed by atoms with Crippen LogP contribution in [-0.4, -0.2) is 104 Å². The SMILES string of the molecule is O=C(C1CCN(CC(=O)N(CC2CCCO2)C2CCS(=O)(=O)C2)CC1)N1CCCC1. The van der Waals surface area contributed by atoms with E-state index in [1.165, 1.54) is 0 Å². The first-order valence-corrected chi connectivity index (χ1v) is 13.4. The molecule has 4 aliphatic heterocycles. The molecule has 4 heterocycles. The largest absolute Gasteiger partial charge is 0.376 e. The molecule has 8 nitrogen and oxygen atoms in total. The Labute approximate surface area is 179 Å². The quantitative estimate of drug-likeness (QED) is 0.597. The number of likely N-dealkylation sites (tertiary alicyclic amines) is 2. The summed E-state index contributed by atoms with van der Waals surface area (Å²) in [7, 11) is -3.06. The fraction of sp³-hybridized carbons (Fsp3) is 0.905. The lowest BCUT2D eigenvalue weighted by molar-refractivity contribution is -0.138. The summed E-state index contributed by atoms with van der Waals surface area (Å²) >= 11 is 0. The van der Waals surface area contributed by atoms with E-state index in [4.69, 9.17) is 4.74 Å². The highest BCUT2D eigenvalue weighted by molar-refractivity contribution is 7.91. The Balaban J connectivity index is 1.31. The van der Waals surface area contributed by atoms with Crippen LogP contribution in [0.15, 0.2) is 0 Å². The topological polar surface area (TPSA) is 87.2 Å². The molecule has 0 aromatic carbocycles. The van der Waals surface area contributed by atoms with Gasteiger partial charge < -0.3 is 14.5 Å². The molecule has 2 amide bonds. The van der Waals surface area contributed by atoms with E-state index in [2.05, 4.69) is 4.90 Å². The van der Waals surface area contributed by atoms with Gasteiger partial charge in [-0.1, -0.05) is 0 Å². The molecule has 0 aliphatic carbocycles. The van der Waals surface area contributed by atoms with Crippen LogP contribution in [0.4, 0.5) is 0 Å². The molecule has 30 heavy (non-hydrogen) atoms. The van der Waals surface area contributed by atoms with Crippen molar-refractivity contribution in [2.24, 2.45) is 5.92 Å². The number of carbonyl (C=O) groups excluding carboxylic acids is 2. The van der Waals surface area contributed by atoms with Crippen molar-refractivity contribution < 1.29 is 22.7 Å². The van der Waals surface area contributed by atoms with E-state index in [1.807, 2.05) is 4.90 Å². The third-order valence-electron chi connectivity index (χ3n) is 7.11. The van der Waals surface area contributed by atoms with Gasteiger partial charge in [0, 0.05) is 38.2 Å². The summed E-state index contributed by atoms with van der Waals surface area (Å²) in [6.07, 6.45) is 6.26. The highest BCUT2D eigenvalue weighted by Gasteiger charge is 2.37. The van der Waals surface area contributed by atoms with Crippen LogP contribution >= 0.6 is 0 Å². The second-order valence-electron chi connectivity index (χ2n) is 9.32. The van der Waals surface area contributed by atoms with E-state index < -0.39 is 9.84 Å². The van der Waals surface area contributed by atoms with E-state index in [0.717, 1.165) is 64.7 Å². The lowest BCUT2D eigenvalue weighted by Gasteiger charge is -2.36. The lowest BCUT2D eigenvalue weighted by atomic mass is 9.95. The fourth-order valence-corrected chi connectivity index (χ4v) is 7.03. The average Bonchev–Trinajstić information content (AvgIpc) is 3.48. The van der Waals surface area contributed by atoms with E-state index in [9.17, 15) is 18.0 Å². The Hall–Kier alpha value is -1.19. The molecule has 0 saturated carbocycles. The van der Waals surface area contributed by atoms with Crippen LogP contribution in [0.1, 0.15) is 44.9 Å². The number of ether oxygens (including phenoxy) is 1. The molecule has 4 aliphatic rings. The van der Waals surface area contributed by atoms with Gasteiger partial charge in [-0.2, -0.15) is 0 Å². The summed E-state index contributed by atoms with van der Waals surface area (Å²) in [5.74, 6) is 0.596. The van der Waals surface area contributed by atoms with Crippen molar-refractivity contribution in [1.82, 2.24) is 14.7 Å². The number of nitrogens with zero attached hydrogens (tertiary/aromatic N) is 3. The molecule has 0 aromatic rings. The normalized spacial score (nSPS) is 30.1. The Bertz CT molecular complexity index is 723. The van der Waals surface area contributed by atoms with Gasteiger partial charge in [0.15, 0.2) is 9.84 Å². The Morgan fingerprint density at radius 3 is 2.30 bits per heavy atom. The fourth-order valence-electron chi connectivity index (χ4n) is 5.30. The van der Waals surface area contributed by atoms with Crippen LogP contribution in [0.3, 0.4) is 0 Å². The number of hydrogen-bond donors (Lipinski definition) is 0. The molecule has 0 N–H and O–H groups in total. The van der Waals surface area contributed by atoms with Crippen molar-refractivity contribution in [2.45, 2.75) is 57.1 Å². The second kappa shape index (κ2) is 9.53. The predicted octanol–water partition coefficient (Wildman–Crippen LogP) is 0.516. The van der Waals surface area contributed by atoms with Crippen LogP contribution in [0.2, 0.25) is 0 Å². The first-order valence-electron chi connectivity index (χ1n) is 11.5. The molecule has 9 heteroatoms. The van der Waals surface area contributed by atoms with Gasteiger partial charge in [0.1, 0.15) is 0 Å². The van der Waals surface area contributed by atoms with E-state index in [1.54, 1.807) is 4.90 Å². The first-order chi connectivity index (χ1) is 14.4. The summed E-state index contributed by atoms with van der Waals surface area (Å²) in [5.41, 5.74) is 0. The maximum Gasteiger partial charge on any atom is 0.237 e. The van der Waals surface area contributed by atoms with Crippen LogP contribution in [0, 0.1) is 5.92 Å². The van der Waals surface area contributed by atoms with Crippen LogP contribution < -0.4 is 0 Å². The number of amides is 2. The second-order valence-corrected chi connectivity index (χ2v) is 11.5. The maximum absolute atomic E-state index is 13.2. The third-order valence-corrected chi connectivity index (χ3v) is 8.86. The Kier molecular flexibility index (Phi) is 6.99. The van der Waals surface area contributed by atoms with Crippen LogP contribution in [0.5, 0.6) is 0 Å². The predicted molar refractivity (Wildman–Crippen MR) is 113 cm³/mol. The number of hydrogen-bond acceptors (Lipinski definition) is 6. The van der Waals surface area contributed by atoms with E-state index in [-0.39, 0.29) is 41.4 Å². The zero-order valence-electron chi connectivity index (χ0n) is 17.8. The van der Waals surface area contributed by atoms with Crippen molar-refractivity contribution in [3.8, 4) is 0 Å². The van der Waals surface area contributed by atoms with E-state index >= 15 is 0 Å². The van der Waals surface area contributed by atoms with Gasteiger partial charge in [0.05, 0.1) is 24.2 Å². The van der Waals surface area contributed by atoms with Crippen molar-refractivity contribution in [3.63, 3.8) is 0 Å². The van der Waals surface area contributed by atoms with Gasteiger partial charge >= 0.3 is 0 Å². The zero-order chi connectivity index (χ0) is 21.1. The summed E-state index contributed by atoms with van der Waals surface area (Å²) in [5, 5.41) is 0. The maximum atomic E-state index is 13.2. The van der Waals surface area contributed by atoms with Crippen molar-refractivity contribution in [3.05, 3.63) is 0 Å². The molecule has 0 bridgehead atoms. The molecule has 0 radical (unpaired) electrons. The molecule has 4 fully saturated rings. The van der Waals surface area contributed by atoms with Crippen LogP contribution in [0.25, 0.3) is 0 Å². The monoisotopic (exact) mass is 441 g/mol. The summed E-state index contributed by atoms with van der Waals surface area (Å²) in [6, 6.07) is -0.235. The first kappa shape index (κ1) is 22.0. The number of piperidine rings is 1. The molecule has 0 spiro atoms. The molecule has 0 aromatic heterocycles. The van der Waals surface area contributed by atoms with Gasteiger partial charge in [-0.15, -0.1) is 0 Å². The third kappa shape index (κ3) is 5.34. The van der Waals surface area contributed by atoms with Gasteiger partial charge in [-0.3, -0.25) is 14.5 Å². The zero-order valence-corrected chi connectivity index (χ0v) is 18.7. The van der Waals surface area contributed by atoms with Gasteiger partial charge in [-0.25, -0.2) is 8.42 Å². The van der Waals surface area contributed by atoms with Gasteiger partial charge in [0.2, 0.25) is 11.8 Å². The number of sulfone groups is 1. The number of carbonyl (C=O) groups is 2. The molecule has 2 unspecified atom stereocenters. The van der Waals surface area contributed by atoms with Crippen molar-refractivity contribution in [2.75, 3.05) is 57.4 Å². The minimum Gasteiger partial charge on any atom is -0.376 e. The molecule has 2 atom stereocenters. The molecule has 4 rings (SSSR count). The molecule has 170 valence electrons. The lowest BCUT2D eigenvalue weighted by Crippen LogP contribution is -2.50. The smallest absolute Gasteiger partial charge is 0.237 e. The highest BCUT2D eigenvalue weighted by Crippen LogP contribution is 2.24. The minimum atomic E-state index is -3.06. The van der Waals surface area contributed by atoms with Crippen molar-refractivity contribution in [1.29, 1.82) is 0 Å². The standard InChI is InChI=1S/C21H35N3O5S/c25-20(15-22-10-5-17(6-11-22)21(26)23-8-1-2-9-23)24(14-19-4-3-12-29-19)18-7-13-30(27,28)16-18/h17-19H,1-16H2. The summed E-state index contributed by atoms with van der Waals surface area (Å²) in [6.45, 7) is 4.77. The molecular formula is C21H35N3O5S. The van der Waals surface area contributed by atoms with Crippen LogP contribution in [-0.2, 0) is 24.2 Å². The summed E-state index contributed by atoms with van der Waals surface area (Å²) < 4.78 is 29.7. The van der Waals surface area contributed by atoms with Gasteiger partial charge in [-0.05, 0) is 58.0 Å². The minimum absolute atomic E-state index is 0.00285. The average molecular weight is 442 g/mol.